The highest BCUT2D eigenvalue weighted by molar-refractivity contribution is 9.10. The standard InChI is InChI=1S/C11H12BrF2NO2/c1-3-17-9(16)4-8-6(2)10(12)7(5-15-8)11(13)14/h5,11H,3-4H2,1-2H3. The monoisotopic (exact) mass is 307 g/mol. The molecule has 0 N–H and O–H groups in total. The number of rotatable bonds is 4. The van der Waals surface area contributed by atoms with Gasteiger partial charge in [-0.25, -0.2) is 8.78 Å². The molecule has 17 heavy (non-hydrogen) atoms. The summed E-state index contributed by atoms with van der Waals surface area (Å²) in [7, 11) is 0. The second-order valence-electron chi connectivity index (χ2n) is 3.38. The third-order valence-electron chi connectivity index (χ3n) is 2.23. The molecule has 0 fully saturated rings. The maximum absolute atomic E-state index is 12.6. The zero-order valence-corrected chi connectivity index (χ0v) is 11.1. The van der Waals surface area contributed by atoms with Crippen molar-refractivity contribution < 1.29 is 18.3 Å². The number of halogens is 3. The Labute approximate surface area is 106 Å². The van der Waals surface area contributed by atoms with Crippen molar-refractivity contribution in [2.24, 2.45) is 0 Å². The molecule has 0 aromatic carbocycles. The van der Waals surface area contributed by atoms with Crippen molar-refractivity contribution in [2.75, 3.05) is 6.61 Å². The number of ether oxygens (including phenoxy) is 1. The van der Waals surface area contributed by atoms with Gasteiger partial charge in [-0.05, 0) is 35.3 Å². The van der Waals surface area contributed by atoms with E-state index in [4.69, 9.17) is 4.74 Å². The van der Waals surface area contributed by atoms with Crippen LogP contribution >= 0.6 is 15.9 Å². The lowest BCUT2D eigenvalue weighted by molar-refractivity contribution is -0.142. The Balaban J connectivity index is 2.96. The van der Waals surface area contributed by atoms with Crippen LogP contribution in [0.4, 0.5) is 8.78 Å². The van der Waals surface area contributed by atoms with Crippen molar-refractivity contribution in [3.63, 3.8) is 0 Å². The summed E-state index contributed by atoms with van der Waals surface area (Å²) < 4.78 is 30.2. The average Bonchev–Trinajstić information content (AvgIpc) is 2.25. The lowest BCUT2D eigenvalue weighted by Crippen LogP contribution is -2.10. The molecular formula is C11H12BrF2NO2. The maximum Gasteiger partial charge on any atom is 0.311 e. The molecule has 0 atom stereocenters. The zero-order chi connectivity index (χ0) is 13.0. The average molecular weight is 308 g/mol. The summed E-state index contributed by atoms with van der Waals surface area (Å²) in [5.74, 6) is -0.417. The van der Waals surface area contributed by atoms with Gasteiger partial charge in [-0.15, -0.1) is 0 Å². The Morgan fingerprint density at radius 3 is 2.76 bits per heavy atom. The molecular weight excluding hydrogens is 296 g/mol. The van der Waals surface area contributed by atoms with Gasteiger partial charge in [0.1, 0.15) is 0 Å². The minimum atomic E-state index is -2.59. The largest absolute Gasteiger partial charge is 0.466 e. The first-order valence-electron chi connectivity index (χ1n) is 5.05. The van der Waals surface area contributed by atoms with Crippen molar-refractivity contribution in [2.45, 2.75) is 26.7 Å². The second-order valence-corrected chi connectivity index (χ2v) is 4.17. The van der Waals surface area contributed by atoms with E-state index in [1.54, 1.807) is 13.8 Å². The highest BCUT2D eigenvalue weighted by Gasteiger charge is 2.17. The summed E-state index contributed by atoms with van der Waals surface area (Å²) in [6.45, 7) is 3.62. The van der Waals surface area contributed by atoms with Gasteiger partial charge >= 0.3 is 5.97 Å². The second kappa shape index (κ2) is 6.05. The van der Waals surface area contributed by atoms with E-state index in [1.807, 2.05) is 0 Å². The van der Waals surface area contributed by atoms with Crippen LogP contribution in [0.3, 0.4) is 0 Å². The fourth-order valence-corrected chi connectivity index (χ4v) is 1.83. The number of nitrogens with zero attached hydrogens (tertiary/aromatic N) is 1. The molecule has 1 aromatic rings. The van der Waals surface area contributed by atoms with Crippen LogP contribution in [0, 0.1) is 6.92 Å². The van der Waals surface area contributed by atoms with Crippen molar-refractivity contribution >= 4 is 21.9 Å². The van der Waals surface area contributed by atoms with Gasteiger partial charge in [-0.3, -0.25) is 9.78 Å². The molecule has 0 radical (unpaired) electrons. The smallest absolute Gasteiger partial charge is 0.311 e. The number of alkyl halides is 2. The summed E-state index contributed by atoms with van der Waals surface area (Å²) in [6, 6.07) is 0. The van der Waals surface area contributed by atoms with Crippen LogP contribution in [-0.4, -0.2) is 17.6 Å². The van der Waals surface area contributed by atoms with Crippen molar-refractivity contribution in [1.82, 2.24) is 4.98 Å². The summed E-state index contributed by atoms with van der Waals surface area (Å²) in [4.78, 5) is 15.1. The molecule has 1 aromatic heterocycles. The highest BCUT2D eigenvalue weighted by atomic mass is 79.9. The minimum absolute atomic E-state index is 0.0121. The molecule has 0 spiro atoms. The Morgan fingerprint density at radius 1 is 1.59 bits per heavy atom. The van der Waals surface area contributed by atoms with Gasteiger partial charge in [-0.1, -0.05) is 0 Å². The molecule has 94 valence electrons. The van der Waals surface area contributed by atoms with E-state index in [9.17, 15) is 13.6 Å². The molecule has 0 amide bonds. The number of carbonyl (C=O) groups excluding carboxylic acids is 1. The van der Waals surface area contributed by atoms with Gasteiger partial charge < -0.3 is 4.74 Å². The van der Waals surface area contributed by atoms with E-state index in [-0.39, 0.29) is 18.6 Å². The fraction of sp³-hybridized carbons (Fsp3) is 0.455. The minimum Gasteiger partial charge on any atom is -0.466 e. The van der Waals surface area contributed by atoms with Gasteiger partial charge in [-0.2, -0.15) is 0 Å². The van der Waals surface area contributed by atoms with Gasteiger partial charge in [0, 0.05) is 10.7 Å². The van der Waals surface area contributed by atoms with Crippen LogP contribution in [0.25, 0.3) is 0 Å². The highest BCUT2D eigenvalue weighted by Crippen LogP contribution is 2.30. The van der Waals surface area contributed by atoms with Gasteiger partial charge in [0.25, 0.3) is 6.43 Å². The molecule has 1 rings (SSSR count). The quantitative estimate of drug-likeness (QED) is 0.802. The summed E-state index contributed by atoms with van der Waals surface area (Å²) in [6.07, 6.45) is -1.52. The molecule has 0 aliphatic carbocycles. The number of aromatic nitrogens is 1. The lowest BCUT2D eigenvalue weighted by atomic mass is 10.1. The summed E-state index contributed by atoms with van der Waals surface area (Å²) in [5.41, 5.74) is 0.811. The molecule has 6 heteroatoms. The Bertz CT molecular complexity index is 424. The van der Waals surface area contributed by atoms with E-state index in [0.29, 0.717) is 15.7 Å². The topological polar surface area (TPSA) is 39.2 Å². The lowest BCUT2D eigenvalue weighted by Gasteiger charge is -2.10. The van der Waals surface area contributed by atoms with Gasteiger partial charge in [0.15, 0.2) is 0 Å². The number of hydrogen-bond donors (Lipinski definition) is 0. The molecule has 0 unspecified atom stereocenters. The summed E-state index contributed by atoms with van der Waals surface area (Å²) >= 11 is 3.09. The third-order valence-corrected chi connectivity index (χ3v) is 3.28. The first-order chi connectivity index (χ1) is 7.97. The van der Waals surface area contributed by atoms with E-state index in [2.05, 4.69) is 20.9 Å². The Morgan fingerprint density at radius 2 is 2.24 bits per heavy atom. The predicted molar refractivity (Wildman–Crippen MR) is 62.0 cm³/mol. The van der Waals surface area contributed by atoms with E-state index in [0.717, 1.165) is 6.20 Å². The van der Waals surface area contributed by atoms with Crippen LogP contribution in [-0.2, 0) is 16.0 Å². The predicted octanol–water partition coefficient (Wildman–Crippen LogP) is 3.20. The van der Waals surface area contributed by atoms with Crippen molar-refractivity contribution in [1.29, 1.82) is 0 Å². The van der Waals surface area contributed by atoms with Crippen LogP contribution in [0.15, 0.2) is 10.7 Å². The molecule has 1 heterocycles. The van der Waals surface area contributed by atoms with Crippen molar-refractivity contribution in [3.8, 4) is 0 Å². The van der Waals surface area contributed by atoms with E-state index < -0.39 is 12.4 Å². The molecule has 0 bridgehead atoms. The summed E-state index contributed by atoms with van der Waals surface area (Å²) in [5, 5.41) is 0. The number of pyridine rings is 1. The maximum atomic E-state index is 12.6. The molecule has 0 saturated heterocycles. The van der Waals surface area contributed by atoms with E-state index in [1.165, 1.54) is 0 Å². The van der Waals surface area contributed by atoms with Crippen LogP contribution in [0.1, 0.15) is 30.2 Å². The normalized spacial score (nSPS) is 10.7. The van der Waals surface area contributed by atoms with Gasteiger partial charge in [0.05, 0.1) is 24.3 Å². The number of carbonyl (C=O) groups is 1. The Hall–Kier alpha value is -1.04. The molecule has 0 aliphatic heterocycles. The third kappa shape index (κ3) is 3.46. The number of hydrogen-bond acceptors (Lipinski definition) is 3. The molecule has 0 saturated carbocycles. The van der Waals surface area contributed by atoms with Gasteiger partial charge in [0.2, 0.25) is 0 Å². The SMILES string of the molecule is CCOC(=O)Cc1ncc(C(F)F)c(Br)c1C. The van der Waals surface area contributed by atoms with Crippen LogP contribution in [0.5, 0.6) is 0 Å². The first-order valence-corrected chi connectivity index (χ1v) is 5.84. The van der Waals surface area contributed by atoms with Crippen LogP contribution in [0.2, 0.25) is 0 Å². The zero-order valence-electron chi connectivity index (χ0n) is 9.47. The first kappa shape index (κ1) is 14.0. The molecule has 3 nitrogen and oxygen atoms in total. The fourth-order valence-electron chi connectivity index (χ4n) is 1.32. The number of esters is 1. The van der Waals surface area contributed by atoms with E-state index >= 15 is 0 Å². The van der Waals surface area contributed by atoms with Crippen LogP contribution < -0.4 is 0 Å². The van der Waals surface area contributed by atoms with Crippen molar-refractivity contribution in [3.05, 3.63) is 27.5 Å². The molecule has 0 aliphatic rings. The Kier molecular flexibility index (Phi) is 4.99.